The normalized spacial score (nSPS) is 15.5. The summed E-state index contributed by atoms with van der Waals surface area (Å²) >= 11 is 1.95. The van der Waals surface area contributed by atoms with E-state index in [4.69, 9.17) is 0 Å². The van der Waals surface area contributed by atoms with Crippen LogP contribution >= 0.6 is 11.8 Å². The monoisotopic (exact) mass is 306 g/mol. The minimum Gasteiger partial charge on any atom is -0.343 e. The molecule has 21 heavy (non-hydrogen) atoms. The number of rotatable bonds is 5. The van der Waals surface area contributed by atoms with Gasteiger partial charge in [-0.2, -0.15) is 11.8 Å². The maximum absolute atomic E-state index is 12.1. The van der Waals surface area contributed by atoms with E-state index >= 15 is 0 Å². The Morgan fingerprint density at radius 2 is 1.86 bits per heavy atom. The van der Waals surface area contributed by atoms with Gasteiger partial charge < -0.3 is 10.2 Å². The predicted octanol–water partition coefficient (Wildman–Crippen LogP) is 2.76. The number of amides is 2. The maximum atomic E-state index is 12.1. The Morgan fingerprint density at radius 3 is 2.52 bits per heavy atom. The van der Waals surface area contributed by atoms with Gasteiger partial charge in [0, 0.05) is 31.6 Å². The first-order valence-corrected chi connectivity index (χ1v) is 8.50. The van der Waals surface area contributed by atoms with Crippen molar-refractivity contribution in [3.8, 4) is 0 Å². The largest absolute Gasteiger partial charge is 0.343 e. The first-order valence-electron chi connectivity index (χ1n) is 7.35. The highest BCUT2D eigenvalue weighted by Crippen LogP contribution is 2.21. The van der Waals surface area contributed by atoms with Crippen LogP contribution in [-0.4, -0.2) is 41.3 Å². The molecule has 2 amide bonds. The molecule has 4 nitrogen and oxygen atoms in total. The summed E-state index contributed by atoms with van der Waals surface area (Å²) in [5, 5.41) is 2.80. The Kier molecular flexibility index (Phi) is 6.11. The Labute approximate surface area is 130 Å². The fourth-order valence-corrected chi connectivity index (χ4v) is 3.50. The maximum Gasteiger partial charge on any atom is 0.224 e. The number of benzene rings is 1. The van der Waals surface area contributed by atoms with Crippen LogP contribution in [0.5, 0.6) is 0 Å². The van der Waals surface area contributed by atoms with E-state index in [0.717, 1.165) is 30.0 Å². The third-order valence-corrected chi connectivity index (χ3v) is 4.80. The van der Waals surface area contributed by atoms with E-state index in [1.807, 2.05) is 54.0 Å². The van der Waals surface area contributed by atoms with E-state index in [1.165, 1.54) is 0 Å². The van der Waals surface area contributed by atoms with E-state index in [0.29, 0.717) is 6.04 Å². The second kappa shape index (κ2) is 8.08. The second-order valence-electron chi connectivity index (χ2n) is 5.26. The quantitative estimate of drug-likeness (QED) is 0.910. The number of nitrogens with one attached hydrogen (secondary N) is 1. The molecule has 1 fully saturated rings. The molecule has 0 atom stereocenters. The van der Waals surface area contributed by atoms with Gasteiger partial charge in [-0.1, -0.05) is 18.2 Å². The number of hydrogen-bond acceptors (Lipinski definition) is 3. The zero-order valence-electron chi connectivity index (χ0n) is 12.4. The minimum atomic E-state index is -0.109. The Balaban J connectivity index is 1.74. The van der Waals surface area contributed by atoms with Crippen molar-refractivity contribution in [2.75, 3.05) is 23.9 Å². The third kappa shape index (κ3) is 5.08. The van der Waals surface area contributed by atoms with E-state index in [1.54, 1.807) is 0 Å². The molecular formula is C16H22N2O2S. The molecule has 0 aliphatic carbocycles. The van der Waals surface area contributed by atoms with Gasteiger partial charge in [-0.05, 0) is 36.5 Å². The fraction of sp³-hybridized carbons (Fsp3) is 0.500. The van der Waals surface area contributed by atoms with Crippen LogP contribution in [0.3, 0.4) is 0 Å². The van der Waals surface area contributed by atoms with Crippen LogP contribution < -0.4 is 5.32 Å². The average Bonchev–Trinajstić information content (AvgIpc) is 2.53. The molecule has 1 aliphatic rings. The topological polar surface area (TPSA) is 49.4 Å². The summed E-state index contributed by atoms with van der Waals surface area (Å²) in [5.74, 6) is 2.20. The van der Waals surface area contributed by atoms with Crippen LogP contribution in [-0.2, 0) is 9.59 Å². The van der Waals surface area contributed by atoms with Crippen LogP contribution in [0.2, 0.25) is 0 Å². The second-order valence-corrected chi connectivity index (χ2v) is 6.49. The molecular weight excluding hydrogens is 284 g/mol. The van der Waals surface area contributed by atoms with Crippen molar-refractivity contribution in [2.45, 2.75) is 31.7 Å². The van der Waals surface area contributed by atoms with Crippen molar-refractivity contribution < 1.29 is 9.59 Å². The van der Waals surface area contributed by atoms with Crippen molar-refractivity contribution in [1.29, 1.82) is 0 Å². The third-order valence-electron chi connectivity index (χ3n) is 3.76. The fourth-order valence-electron chi connectivity index (χ4n) is 2.42. The van der Waals surface area contributed by atoms with Crippen LogP contribution in [0.4, 0.5) is 5.69 Å². The molecule has 1 N–H and O–H groups in total. The highest BCUT2D eigenvalue weighted by atomic mass is 32.2. The van der Waals surface area contributed by atoms with E-state index in [2.05, 4.69) is 5.32 Å². The van der Waals surface area contributed by atoms with Crippen LogP contribution in [0.1, 0.15) is 25.7 Å². The van der Waals surface area contributed by atoms with Gasteiger partial charge in [-0.3, -0.25) is 9.59 Å². The molecule has 1 aliphatic heterocycles. The summed E-state index contributed by atoms with van der Waals surface area (Å²) in [6.45, 7) is 0. The zero-order chi connectivity index (χ0) is 15.1. The molecule has 1 saturated heterocycles. The molecule has 1 heterocycles. The summed E-state index contributed by atoms with van der Waals surface area (Å²) < 4.78 is 0. The molecule has 0 spiro atoms. The van der Waals surface area contributed by atoms with Crippen molar-refractivity contribution in [1.82, 2.24) is 4.90 Å². The summed E-state index contributed by atoms with van der Waals surface area (Å²) in [4.78, 5) is 25.8. The van der Waals surface area contributed by atoms with Gasteiger partial charge in [-0.15, -0.1) is 0 Å². The van der Waals surface area contributed by atoms with Crippen LogP contribution in [0, 0.1) is 0 Å². The molecule has 2 rings (SSSR count). The zero-order valence-corrected chi connectivity index (χ0v) is 13.2. The van der Waals surface area contributed by atoms with Gasteiger partial charge in [0.2, 0.25) is 11.8 Å². The number of thioether (sulfide) groups is 1. The molecule has 114 valence electrons. The molecule has 0 aromatic heterocycles. The molecule has 0 radical (unpaired) electrons. The van der Waals surface area contributed by atoms with Crippen molar-refractivity contribution in [3.63, 3.8) is 0 Å². The number of hydrogen-bond donors (Lipinski definition) is 1. The van der Waals surface area contributed by atoms with Gasteiger partial charge in [-0.25, -0.2) is 0 Å². The van der Waals surface area contributed by atoms with Gasteiger partial charge in [0.1, 0.15) is 0 Å². The Morgan fingerprint density at radius 1 is 1.19 bits per heavy atom. The standard InChI is InChI=1S/C16H22N2O2S/c1-18(14-9-11-21-12-10-14)16(20)8-7-15(19)17-13-5-3-2-4-6-13/h2-6,14H,7-12H2,1H3,(H,17,19). The van der Waals surface area contributed by atoms with E-state index < -0.39 is 0 Å². The van der Waals surface area contributed by atoms with Crippen molar-refractivity contribution in [3.05, 3.63) is 30.3 Å². The van der Waals surface area contributed by atoms with Gasteiger partial charge in [0.15, 0.2) is 0 Å². The molecule has 0 saturated carbocycles. The lowest BCUT2D eigenvalue weighted by molar-refractivity contribution is -0.133. The lowest BCUT2D eigenvalue weighted by atomic mass is 10.1. The molecule has 0 unspecified atom stereocenters. The number of para-hydroxylation sites is 1. The predicted molar refractivity (Wildman–Crippen MR) is 87.4 cm³/mol. The summed E-state index contributed by atoms with van der Waals surface area (Å²) in [6.07, 6.45) is 2.63. The highest BCUT2D eigenvalue weighted by Gasteiger charge is 2.22. The smallest absolute Gasteiger partial charge is 0.224 e. The molecule has 5 heteroatoms. The summed E-state index contributed by atoms with van der Waals surface area (Å²) in [5.41, 5.74) is 0.771. The number of anilines is 1. The van der Waals surface area contributed by atoms with Gasteiger partial charge >= 0.3 is 0 Å². The first-order chi connectivity index (χ1) is 10.2. The minimum absolute atomic E-state index is 0.0649. The van der Waals surface area contributed by atoms with Crippen molar-refractivity contribution >= 4 is 29.3 Å². The van der Waals surface area contributed by atoms with Crippen LogP contribution in [0.25, 0.3) is 0 Å². The average molecular weight is 306 g/mol. The number of nitrogens with zero attached hydrogens (tertiary/aromatic N) is 1. The van der Waals surface area contributed by atoms with Crippen molar-refractivity contribution in [2.24, 2.45) is 0 Å². The Bertz CT molecular complexity index is 472. The van der Waals surface area contributed by atoms with Gasteiger partial charge in [0.05, 0.1) is 0 Å². The summed E-state index contributed by atoms with van der Waals surface area (Å²) in [7, 11) is 1.86. The molecule has 1 aromatic carbocycles. The molecule has 0 bridgehead atoms. The number of carbonyl (C=O) groups excluding carboxylic acids is 2. The lowest BCUT2D eigenvalue weighted by Gasteiger charge is -2.31. The summed E-state index contributed by atoms with van der Waals surface area (Å²) in [6, 6.07) is 9.66. The van der Waals surface area contributed by atoms with Gasteiger partial charge in [0.25, 0.3) is 0 Å². The SMILES string of the molecule is CN(C(=O)CCC(=O)Nc1ccccc1)C1CCSCC1. The highest BCUT2D eigenvalue weighted by molar-refractivity contribution is 7.99. The lowest BCUT2D eigenvalue weighted by Crippen LogP contribution is -2.39. The molecule has 1 aromatic rings. The Hall–Kier alpha value is -1.49. The van der Waals surface area contributed by atoms with E-state index in [-0.39, 0.29) is 24.7 Å². The van der Waals surface area contributed by atoms with Crippen LogP contribution in [0.15, 0.2) is 30.3 Å². The van der Waals surface area contributed by atoms with E-state index in [9.17, 15) is 9.59 Å². The number of carbonyl (C=O) groups is 2. The first kappa shape index (κ1) is 15.9.